The molecular weight excluding hydrogens is 445 g/mol. The molecule has 3 aromatic rings. The lowest BCUT2D eigenvalue weighted by Gasteiger charge is -2.44. The number of fused-ring (bicyclic) bond motifs is 3. The maximum atomic E-state index is 14.0. The van der Waals surface area contributed by atoms with Gasteiger partial charge in [0.25, 0.3) is 5.91 Å². The van der Waals surface area contributed by atoms with Crippen LogP contribution in [0.25, 0.3) is 10.9 Å². The van der Waals surface area contributed by atoms with E-state index >= 15 is 0 Å². The quantitative estimate of drug-likeness (QED) is 0.545. The van der Waals surface area contributed by atoms with Crippen molar-refractivity contribution in [3.05, 3.63) is 60.0 Å². The Bertz CT molecular complexity index is 1240. The summed E-state index contributed by atoms with van der Waals surface area (Å²) in [6.45, 7) is 2.09. The molecule has 1 N–H and O–H groups in total. The predicted octanol–water partition coefficient (Wildman–Crippen LogP) is 5.44. The minimum atomic E-state index is -1.20. The van der Waals surface area contributed by atoms with Crippen LogP contribution in [0.2, 0.25) is 0 Å². The van der Waals surface area contributed by atoms with Gasteiger partial charge in [-0.1, -0.05) is 32.1 Å². The molecule has 1 aromatic heterocycles. The second-order valence-corrected chi connectivity index (χ2v) is 9.95. The molecule has 6 nitrogen and oxygen atoms in total. The molecule has 2 aromatic carbocycles. The van der Waals surface area contributed by atoms with Crippen molar-refractivity contribution in [1.29, 1.82) is 0 Å². The van der Waals surface area contributed by atoms with Gasteiger partial charge in [0, 0.05) is 23.2 Å². The van der Waals surface area contributed by atoms with Gasteiger partial charge in [0.05, 0.1) is 19.2 Å². The van der Waals surface area contributed by atoms with E-state index < -0.39 is 5.54 Å². The van der Waals surface area contributed by atoms with Crippen molar-refractivity contribution >= 4 is 28.4 Å². The molecule has 0 radical (unpaired) electrons. The van der Waals surface area contributed by atoms with Crippen LogP contribution in [-0.4, -0.2) is 35.1 Å². The van der Waals surface area contributed by atoms with Gasteiger partial charge in [-0.2, -0.15) is 0 Å². The van der Waals surface area contributed by atoms with Crippen molar-refractivity contribution < 1.29 is 18.7 Å². The number of carbonyl (C=O) groups excluding carboxylic acids is 2. The molecule has 35 heavy (non-hydrogen) atoms. The molecule has 2 aliphatic rings. The van der Waals surface area contributed by atoms with Gasteiger partial charge in [-0.25, -0.2) is 4.39 Å². The van der Waals surface area contributed by atoms with Crippen LogP contribution in [-0.2, 0) is 11.3 Å². The molecule has 0 saturated heterocycles. The van der Waals surface area contributed by atoms with Gasteiger partial charge in [0.2, 0.25) is 5.91 Å². The second kappa shape index (κ2) is 9.36. The molecule has 1 aliphatic carbocycles. The van der Waals surface area contributed by atoms with Crippen LogP contribution in [0.4, 0.5) is 10.1 Å². The highest BCUT2D eigenvalue weighted by Gasteiger charge is 2.49. The number of aromatic nitrogens is 1. The van der Waals surface area contributed by atoms with E-state index in [4.69, 9.17) is 4.74 Å². The van der Waals surface area contributed by atoms with Gasteiger partial charge in [-0.05, 0) is 62.2 Å². The van der Waals surface area contributed by atoms with E-state index in [9.17, 15) is 14.0 Å². The zero-order valence-electron chi connectivity index (χ0n) is 20.4. The van der Waals surface area contributed by atoms with Crippen molar-refractivity contribution in [2.45, 2.75) is 70.0 Å². The van der Waals surface area contributed by atoms with E-state index in [1.807, 2.05) is 35.8 Å². The molecular formula is C28H32FN3O3. The fraction of sp³-hybridized carbons (Fsp3) is 0.429. The maximum absolute atomic E-state index is 14.0. The summed E-state index contributed by atoms with van der Waals surface area (Å²) in [5.41, 5.74) is 0.644. The number of ether oxygens (including phenoxy) is 1. The monoisotopic (exact) mass is 477 g/mol. The topological polar surface area (TPSA) is 63.6 Å². The SMILES string of the molecule is COc1ccc2cc3n(c2c1)CC(C)(C(=O)NC1CCCCCCC1)N(c1ccc(F)cc1)C3=O. The molecule has 1 unspecified atom stereocenters. The zero-order chi connectivity index (χ0) is 24.6. The van der Waals surface area contributed by atoms with Crippen LogP contribution in [0.1, 0.15) is 62.4 Å². The largest absolute Gasteiger partial charge is 0.497 e. The van der Waals surface area contributed by atoms with E-state index in [-0.39, 0.29) is 30.2 Å². The second-order valence-electron chi connectivity index (χ2n) is 9.95. The third-order valence-corrected chi connectivity index (χ3v) is 7.51. The van der Waals surface area contributed by atoms with Crippen molar-refractivity contribution in [1.82, 2.24) is 9.88 Å². The molecule has 1 aliphatic heterocycles. The number of methoxy groups -OCH3 is 1. The van der Waals surface area contributed by atoms with Gasteiger partial charge < -0.3 is 14.6 Å². The molecule has 5 rings (SSSR count). The van der Waals surface area contributed by atoms with Crippen LogP contribution in [0.5, 0.6) is 5.75 Å². The minimum Gasteiger partial charge on any atom is -0.497 e. The Balaban J connectivity index is 1.58. The molecule has 1 fully saturated rings. The predicted molar refractivity (Wildman–Crippen MR) is 134 cm³/mol. The average Bonchev–Trinajstić information content (AvgIpc) is 3.19. The van der Waals surface area contributed by atoms with E-state index in [2.05, 4.69) is 5.32 Å². The molecule has 184 valence electrons. The first-order chi connectivity index (χ1) is 16.9. The Morgan fingerprint density at radius 3 is 2.40 bits per heavy atom. The summed E-state index contributed by atoms with van der Waals surface area (Å²) in [4.78, 5) is 29.4. The average molecular weight is 478 g/mol. The fourth-order valence-electron chi connectivity index (χ4n) is 5.53. The van der Waals surface area contributed by atoms with Crippen LogP contribution >= 0.6 is 0 Å². The Labute approximate surface area is 205 Å². The highest BCUT2D eigenvalue weighted by Crippen LogP contribution is 2.37. The fourth-order valence-corrected chi connectivity index (χ4v) is 5.53. The van der Waals surface area contributed by atoms with E-state index in [0.29, 0.717) is 17.1 Å². The summed E-state index contributed by atoms with van der Waals surface area (Å²) in [6.07, 6.45) is 7.69. The van der Waals surface area contributed by atoms with Gasteiger partial charge in [-0.15, -0.1) is 0 Å². The van der Waals surface area contributed by atoms with Gasteiger partial charge in [0.15, 0.2) is 0 Å². The number of anilines is 1. The molecule has 7 heteroatoms. The minimum absolute atomic E-state index is 0.0905. The standard InChI is InChI=1S/C28H32FN3O3/c1-28(27(34)30-21-8-6-4-3-5-7-9-21)18-31-24-17-23(35-2)15-10-19(24)16-25(31)26(33)32(28)22-13-11-20(29)12-14-22/h10-17,21H,3-9,18H2,1-2H3,(H,30,34). The first-order valence-electron chi connectivity index (χ1n) is 12.5. The number of hydrogen-bond acceptors (Lipinski definition) is 3. The Kier molecular flexibility index (Phi) is 6.26. The lowest BCUT2D eigenvalue weighted by atomic mass is 9.91. The third kappa shape index (κ3) is 4.28. The normalized spacial score (nSPS) is 21.3. The van der Waals surface area contributed by atoms with E-state index in [1.165, 1.54) is 36.3 Å². The Hall–Kier alpha value is -3.35. The van der Waals surface area contributed by atoms with Crippen molar-refractivity contribution in [3.63, 3.8) is 0 Å². The number of rotatable bonds is 4. The molecule has 2 amide bonds. The highest BCUT2D eigenvalue weighted by atomic mass is 19.1. The molecule has 0 spiro atoms. The van der Waals surface area contributed by atoms with Crippen LogP contribution in [0.15, 0.2) is 48.5 Å². The summed E-state index contributed by atoms with van der Waals surface area (Å²) in [5, 5.41) is 4.18. The smallest absolute Gasteiger partial charge is 0.275 e. The van der Waals surface area contributed by atoms with Gasteiger partial charge >= 0.3 is 0 Å². The zero-order valence-corrected chi connectivity index (χ0v) is 20.4. The number of carbonyl (C=O) groups is 2. The lowest BCUT2D eigenvalue weighted by molar-refractivity contribution is -0.127. The van der Waals surface area contributed by atoms with Crippen molar-refractivity contribution in [3.8, 4) is 5.75 Å². The molecule has 1 saturated carbocycles. The Morgan fingerprint density at radius 2 is 1.71 bits per heavy atom. The number of nitrogens with one attached hydrogen (secondary N) is 1. The van der Waals surface area contributed by atoms with Gasteiger partial charge in [-0.3, -0.25) is 14.5 Å². The maximum Gasteiger partial charge on any atom is 0.275 e. The number of hydrogen-bond donors (Lipinski definition) is 1. The first-order valence-corrected chi connectivity index (χ1v) is 12.5. The number of halogens is 1. The summed E-state index contributed by atoms with van der Waals surface area (Å²) in [7, 11) is 1.61. The lowest BCUT2D eigenvalue weighted by Crippen LogP contribution is -2.65. The number of benzene rings is 2. The number of nitrogens with zero attached hydrogens (tertiary/aromatic N) is 2. The van der Waals surface area contributed by atoms with Gasteiger partial charge in [0.1, 0.15) is 22.8 Å². The summed E-state index contributed by atoms with van der Waals surface area (Å²) >= 11 is 0. The molecule has 2 heterocycles. The molecule has 1 atom stereocenters. The molecule has 0 bridgehead atoms. The first kappa shape index (κ1) is 23.4. The van der Waals surface area contributed by atoms with E-state index in [0.717, 1.165) is 36.6 Å². The van der Waals surface area contributed by atoms with Crippen molar-refractivity contribution in [2.75, 3.05) is 12.0 Å². The summed E-state index contributed by atoms with van der Waals surface area (Å²) in [5.74, 6) is -0.169. The highest BCUT2D eigenvalue weighted by molar-refractivity contribution is 6.14. The summed E-state index contributed by atoms with van der Waals surface area (Å²) < 4.78 is 21.1. The Morgan fingerprint density at radius 1 is 1.03 bits per heavy atom. The van der Waals surface area contributed by atoms with Crippen LogP contribution in [0.3, 0.4) is 0 Å². The van der Waals surface area contributed by atoms with Crippen LogP contribution in [0, 0.1) is 5.82 Å². The third-order valence-electron chi connectivity index (χ3n) is 7.51. The van der Waals surface area contributed by atoms with E-state index in [1.54, 1.807) is 19.2 Å². The van der Waals surface area contributed by atoms with Crippen molar-refractivity contribution in [2.24, 2.45) is 0 Å². The number of amides is 2. The summed E-state index contributed by atoms with van der Waals surface area (Å²) in [6, 6.07) is 13.4. The van der Waals surface area contributed by atoms with Crippen LogP contribution < -0.4 is 15.0 Å².